The Morgan fingerprint density at radius 3 is 2.56 bits per heavy atom. The third kappa shape index (κ3) is 3.38. The highest BCUT2D eigenvalue weighted by Gasteiger charge is 2.47. The van der Waals surface area contributed by atoms with Gasteiger partial charge in [-0.1, -0.05) is 18.2 Å². The Morgan fingerprint density at radius 1 is 1.16 bits per heavy atom. The molecule has 0 atom stereocenters. The molecule has 2 aromatic rings. The van der Waals surface area contributed by atoms with Gasteiger partial charge < -0.3 is 15.0 Å². The number of pyridine rings is 1. The molecule has 3 heterocycles. The monoisotopic (exact) mass is 357 g/mol. The van der Waals surface area contributed by atoms with Crippen molar-refractivity contribution < 1.29 is 14.3 Å². The number of anilines is 1. The van der Waals surface area contributed by atoms with Gasteiger partial charge >= 0.3 is 5.97 Å². The predicted octanol–water partition coefficient (Wildman–Crippen LogP) is 2.67. The Balaban J connectivity index is 0.000000880. The Morgan fingerprint density at radius 2 is 1.88 bits per heavy atom. The fraction of sp³-hybridized carbons (Fsp3) is 0.278. The van der Waals surface area contributed by atoms with Crippen LogP contribution >= 0.6 is 12.6 Å². The molecule has 1 spiro atoms. The summed E-state index contributed by atoms with van der Waals surface area (Å²) in [7, 11) is 0. The minimum absolute atomic E-state index is 0.201. The lowest BCUT2D eigenvalue weighted by atomic mass is 9.84. The van der Waals surface area contributed by atoms with Gasteiger partial charge in [0.05, 0.1) is 5.56 Å². The maximum Gasteiger partial charge on any atom is 0.339 e. The van der Waals surface area contributed by atoms with E-state index >= 15 is 0 Å². The summed E-state index contributed by atoms with van der Waals surface area (Å²) in [6.07, 6.45) is 3.26. The van der Waals surface area contributed by atoms with E-state index in [1.807, 2.05) is 43.2 Å². The van der Waals surface area contributed by atoms with Gasteiger partial charge in [-0.3, -0.25) is 0 Å². The number of nitrogens with one attached hydrogen (secondary N) is 1. The molecule has 1 saturated heterocycles. The summed E-state index contributed by atoms with van der Waals surface area (Å²) in [4.78, 5) is 25.2. The van der Waals surface area contributed by atoms with Crippen LogP contribution < -0.4 is 5.43 Å². The highest BCUT2D eigenvalue weighted by molar-refractivity contribution is 7.80. The van der Waals surface area contributed by atoms with Crippen molar-refractivity contribution in [3.05, 3.63) is 53.7 Å². The molecule has 0 radical (unpaired) electrons. The second-order valence-electron chi connectivity index (χ2n) is 5.93. The second kappa shape index (κ2) is 7.25. The number of hydrogen-bond donors (Lipinski definition) is 2. The Bertz CT molecular complexity index is 758. The molecular formula is C18H19N3O3S. The lowest BCUT2D eigenvalue weighted by Gasteiger charge is -2.38. The smallest absolute Gasteiger partial charge is 0.339 e. The van der Waals surface area contributed by atoms with Crippen LogP contribution in [-0.2, 0) is 15.1 Å². The van der Waals surface area contributed by atoms with Crippen molar-refractivity contribution in [2.75, 3.05) is 18.5 Å². The minimum Gasteiger partial charge on any atom is -0.450 e. The summed E-state index contributed by atoms with van der Waals surface area (Å²) >= 11 is 4.24. The van der Waals surface area contributed by atoms with E-state index in [4.69, 9.17) is 9.53 Å². The highest BCUT2D eigenvalue weighted by atomic mass is 32.1. The number of benzene rings is 1. The first-order valence-corrected chi connectivity index (χ1v) is 8.39. The van der Waals surface area contributed by atoms with Crippen LogP contribution in [0.1, 0.15) is 28.8 Å². The maximum absolute atomic E-state index is 12.1. The first kappa shape index (κ1) is 17.4. The van der Waals surface area contributed by atoms with Gasteiger partial charge in [0, 0.05) is 42.6 Å². The first-order chi connectivity index (χ1) is 12.2. The van der Waals surface area contributed by atoms with Gasteiger partial charge in [-0.05, 0) is 18.2 Å². The molecule has 1 fully saturated rings. The number of hydrogen-bond acceptors (Lipinski definition) is 7. The molecule has 0 amide bonds. The van der Waals surface area contributed by atoms with Crippen LogP contribution in [-0.4, -0.2) is 35.8 Å². The molecular weight excluding hydrogens is 338 g/mol. The number of carbonyl (C=O) groups is 2. The molecule has 0 saturated carbocycles. The van der Waals surface area contributed by atoms with Gasteiger partial charge in [0.25, 0.3) is 0 Å². The molecule has 0 bridgehead atoms. The molecule has 1 aromatic carbocycles. The quantitative estimate of drug-likeness (QED) is 0.636. The van der Waals surface area contributed by atoms with Gasteiger partial charge in [-0.2, -0.15) is 0 Å². The summed E-state index contributed by atoms with van der Waals surface area (Å²) in [5.41, 5.74) is 4.57. The van der Waals surface area contributed by atoms with Crippen molar-refractivity contribution >= 4 is 31.2 Å². The van der Waals surface area contributed by atoms with E-state index in [9.17, 15) is 4.79 Å². The Labute approximate surface area is 151 Å². The summed E-state index contributed by atoms with van der Waals surface area (Å²) < 4.78 is 5.76. The van der Waals surface area contributed by atoms with Gasteiger partial charge in [0.15, 0.2) is 0 Å². The van der Waals surface area contributed by atoms with E-state index in [-0.39, 0.29) is 5.97 Å². The molecule has 2 aliphatic rings. The fourth-order valence-electron chi connectivity index (χ4n) is 3.31. The minimum atomic E-state index is -0.464. The summed E-state index contributed by atoms with van der Waals surface area (Å²) in [6.45, 7) is 3.57. The molecule has 0 unspecified atom stereocenters. The Hall–Kier alpha value is -2.38. The number of fused-ring (bicyclic) bond motifs is 2. The average Bonchev–Trinajstić information content (AvgIpc) is 2.93. The molecule has 25 heavy (non-hydrogen) atoms. The Kier molecular flexibility index (Phi) is 5.06. The summed E-state index contributed by atoms with van der Waals surface area (Å²) in [5, 5.41) is 2.11. The van der Waals surface area contributed by atoms with Crippen molar-refractivity contribution in [1.29, 1.82) is 0 Å². The van der Waals surface area contributed by atoms with Gasteiger partial charge in [-0.15, -0.1) is 12.6 Å². The van der Waals surface area contributed by atoms with Crippen molar-refractivity contribution in [2.45, 2.75) is 23.3 Å². The van der Waals surface area contributed by atoms with Crippen LogP contribution in [0.4, 0.5) is 5.82 Å². The van der Waals surface area contributed by atoms with Crippen LogP contribution in [0.3, 0.4) is 0 Å². The van der Waals surface area contributed by atoms with Crippen LogP contribution in [0.2, 0.25) is 0 Å². The number of nitrogens with zero attached hydrogens (tertiary/aromatic N) is 2. The van der Waals surface area contributed by atoms with Crippen molar-refractivity contribution in [3.63, 3.8) is 0 Å². The predicted molar refractivity (Wildman–Crippen MR) is 96.6 cm³/mol. The van der Waals surface area contributed by atoms with Crippen LogP contribution in [0, 0.1) is 0 Å². The first-order valence-electron chi connectivity index (χ1n) is 7.95. The van der Waals surface area contributed by atoms with Crippen LogP contribution in [0.15, 0.2) is 47.5 Å². The van der Waals surface area contributed by atoms with E-state index in [1.165, 1.54) is 0 Å². The second-order valence-corrected chi connectivity index (χ2v) is 6.45. The molecule has 1 aromatic heterocycles. The number of esters is 1. The van der Waals surface area contributed by atoms with Crippen molar-refractivity contribution in [3.8, 4) is 0 Å². The number of aromatic nitrogens is 1. The van der Waals surface area contributed by atoms with Gasteiger partial charge in [0.2, 0.25) is 0 Å². The molecule has 130 valence electrons. The van der Waals surface area contributed by atoms with E-state index in [1.54, 1.807) is 6.20 Å². The van der Waals surface area contributed by atoms with Crippen molar-refractivity contribution in [1.82, 2.24) is 9.99 Å². The SMILES string of the molecule is C=O.O=C1OC2(CCN(Nc3ccc(S)cn3)CC2)c2ccccc21. The normalized spacial score (nSPS) is 18.0. The third-order valence-electron chi connectivity index (χ3n) is 4.52. The fourth-order valence-corrected chi connectivity index (χ4v) is 3.44. The van der Waals surface area contributed by atoms with E-state index in [2.05, 4.69) is 28.0 Å². The third-order valence-corrected chi connectivity index (χ3v) is 4.78. The molecule has 1 N–H and O–H groups in total. The largest absolute Gasteiger partial charge is 0.450 e. The summed E-state index contributed by atoms with van der Waals surface area (Å²) in [6, 6.07) is 11.5. The zero-order valence-electron chi connectivity index (χ0n) is 13.6. The number of carbonyl (C=O) groups excluding carboxylic acids is 2. The lowest BCUT2D eigenvalue weighted by Crippen LogP contribution is -2.45. The lowest BCUT2D eigenvalue weighted by molar-refractivity contribution is -0.0980. The molecule has 6 nitrogen and oxygen atoms in total. The van der Waals surface area contributed by atoms with Gasteiger partial charge in [0.1, 0.15) is 18.2 Å². The number of piperidine rings is 1. The topological polar surface area (TPSA) is 71.5 Å². The van der Waals surface area contributed by atoms with E-state index < -0.39 is 5.60 Å². The van der Waals surface area contributed by atoms with Crippen molar-refractivity contribution in [2.24, 2.45) is 0 Å². The van der Waals surface area contributed by atoms with Gasteiger partial charge in [-0.25, -0.2) is 14.8 Å². The zero-order chi connectivity index (χ0) is 17.9. The highest BCUT2D eigenvalue weighted by Crippen LogP contribution is 2.43. The standard InChI is InChI=1S/C17H17N3O2S.CH2O/c21-16-13-3-1-2-4-14(13)17(22-16)7-9-20(10-8-17)19-15-6-5-12(23)11-18-15;1-2/h1-6,11,23H,7-10H2,(H,18,19);1H2. The number of ether oxygens (including phenoxy) is 1. The average molecular weight is 357 g/mol. The number of thiol groups is 1. The maximum atomic E-state index is 12.1. The zero-order valence-corrected chi connectivity index (χ0v) is 14.5. The van der Waals surface area contributed by atoms with E-state index in [0.717, 1.165) is 42.2 Å². The molecule has 4 rings (SSSR count). The number of rotatable bonds is 2. The van der Waals surface area contributed by atoms with Crippen LogP contribution in [0.5, 0.6) is 0 Å². The summed E-state index contributed by atoms with van der Waals surface area (Å²) in [5.74, 6) is 0.593. The number of hydrazine groups is 1. The molecule has 2 aliphatic heterocycles. The van der Waals surface area contributed by atoms with Crippen LogP contribution in [0.25, 0.3) is 0 Å². The van der Waals surface area contributed by atoms with E-state index in [0.29, 0.717) is 5.56 Å². The molecule has 0 aliphatic carbocycles. The molecule has 7 heteroatoms.